The van der Waals surface area contributed by atoms with Crippen LogP contribution in [0, 0.1) is 11.3 Å². The van der Waals surface area contributed by atoms with Crippen molar-refractivity contribution in [3.63, 3.8) is 0 Å². The molecule has 0 saturated carbocycles. The molecule has 2 aromatic rings. The SMILES string of the molecule is CCOc1cccc(Oc2cc(Br)cc(C#N)c2)c1. The molecule has 4 heteroatoms. The second kappa shape index (κ2) is 6.26. The Labute approximate surface area is 120 Å². The molecule has 0 unspecified atom stereocenters. The summed E-state index contributed by atoms with van der Waals surface area (Å²) >= 11 is 3.35. The number of nitrogens with zero attached hydrogens (tertiary/aromatic N) is 1. The predicted octanol–water partition coefficient (Wildman–Crippen LogP) is 4.51. The molecule has 0 N–H and O–H groups in total. The lowest BCUT2D eigenvalue weighted by molar-refractivity contribution is 0.338. The largest absolute Gasteiger partial charge is 0.494 e. The Morgan fingerprint density at radius 3 is 2.63 bits per heavy atom. The minimum Gasteiger partial charge on any atom is -0.494 e. The molecule has 0 aliphatic rings. The van der Waals surface area contributed by atoms with E-state index in [1.807, 2.05) is 37.3 Å². The van der Waals surface area contributed by atoms with E-state index in [-0.39, 0.29) is 0 Å². The summed E-state index contributed by atoms with van der Waals surface area (Å²) < 4.78 is 11.9. The first-order chi connectivity index (χ1) is 9.21. The summed E-state index contributed by atoms with van der Waals surface area (Å²) in [5.74, 6) is 2.04. The molecule has 0 atom stereocenters. The van der Waals surface area contributed by atoms with Gasteiger partial charge in [-0.25, -0.2) is 0 Å². The molecule has 0 fully saturated rings. The topological polar surface area (TPSA) is 42.2 Å². The lowest BCUT2D eigenvalue weighted by Crippen LogP contribution is -1.92. The minimum atomic E-state index is 0.547. The van der Waals surface area contributed by atoms with Crippen LogP contribution in [0.3, 0.4) is 0 Å². The molecule has 0 radical (unpaired) electrons. The van der Waals surface area contributed by atoms with Crippen molar-refractivity contribution in [1.82, 2.24) is 0 Å². The Morgan fingerprint density at radius 1 is 1.11 bits per heavy atom. The van der Waals surface area contributed by atoms with Gasteiger partial charge >= 0.3 is 0 Å². The van der Waals surface area contributed by atoms with Crippen molar-refractivity contribution >= 4 is 15.9 Å². The molecule has 19 heavy (non-hydrogen) atoms. The Morgan fingerprint density at radius 2 is 1.89 bits per heavy atom. The maximum Gasteiger partial charge on any atom is 0.131 e. The van der Waals surface area contributed by atoms with Gasteiger partial charge in [0.25, 0.3) is 0 Å². The Kier molecular flexibility index (Phi) is 4.43. The molecule has 0 bridgehead atoms. The van der Waals surface area contributed by atoms with E-state index in [0.29, 0.717) is 23.7 Å². The van der Waals surface area contributed by atoms with Crippen LogP contribution in [0.5, 0.6) is 17.2 Å². The molecule has 2 aromatic carbocycles. The maximum atomic E-state index is 8.92. The second-order valence-corrected chi connectivity index (χ2v) is 4.71. The van der Waals surface area contributed by atoms with E-state index >= 15 is 0 Å². The van der Waals surface area contributed by atoms with Gasteiger partial charge in [-0.3, -0.25) is 0 Å². The van der Waals surface area contributed by atoms with Gasteiger partial charge in [-0.15, -0.1) is 0 Å². The second-order valence-electron chi connectivity index (χ2n) is 3.80. The Hall–Kier alpha value is -1.99. The van der Waals surface area contributed by atoms with Crippen LogP contribution in [0.25, 0.3) is 0 Å². The number of benzene rings is 2. The van der Waals surface area contributed by atoms with Gasteiger partial charge in [0, 0.05) is 10.5 Å². The molecule has 0 spiro atoms. The Bertz CT molecular complexity index is 620. The van der Waals surface area contributed by atoms with Gasteiger partial charge in [0.15, 0.2) is 0 Å². The molecular formula is C15H12BrNO2. The van der Waals surface area contributed by atoms with Gasteiger partial charge in [0.1, 0.15) is 17.2 Å². The number of hydrogen-bond acceptors (Lipinski definition) is 3. The summed E-state index contributed by atoms with van der Waals surface area (Å²) in [5.41, 5.74) is 0.547. The zero-order valence-electron chi connectivity index (χ0n) is 10.4. The van der Waals surface area contributed by atoms with Crippen molar-refractivity contribution in [2.75, 3.05) is 6.61 Å². The van der Waals surface area contributed by atoms with Crippen LogP contribution in [-0.4, -0.2) is 6.61 Å². The molecular weight excluding hydrogens is 306 g/mol. The summed E-state index contributed by atoms with van der Waals surface area (Å²) in [6, 6.07) is 14.7. The van der Waals surface area contributed by atoms with Crippen LogP contribution in [0.2, 0.25) is 0 Å². The first-order valence-electron chi connectivity index (χ1n) is 5.82. The van der Waals surface area contributed by atoms with Gasteiger partial charge in [-0.05, 0) is 37.3 Å². The lowest BCUT2D eigenvalue weighted by Gasteiger charge is -2.08. The zero-order valence-corrected chi connectivity index (χ0v) is 12.0. The van der Waals surface area contributed by atoms with Gasteiger partial charge in [-0.1, -0.05) is 22.0 Å². The molecule has 0 aliphatic heterocycles. The fourth-order valence-corrected chi connectivity index (χ4v) is 2.09. The van der Waals surface area contributed by atoms with Crippen LogP contribution >= 0.6 is 15.9 Å². The normalized spacial score (nSPS) is 9.74. The lowest BCUT2D eigenvalue weighted by atomic mass is 10.2. The average molecular weight is 318 g/mol. The van der Waals surface area contributed by atoms with Gasteiger partial charge < -0.3 is 9.47 Å². The molecule has 0 aliphatic carbocycles. The van der Waals surface area contributed by atoms with E-state index in [2.05, 4.69) is 22.0 Å². The van der Waals surface area contributed by atoms with Crippen LogP contribution < -0.4 is 9.47 Å². The van der Waals surface area contributed by atoms with Crippen molar-refractivity contribution in [3.05, 3.63) is 52.5 Å². The quantitative estimate of drug-likeness (QED) is 0.833. The summed E-state index contributed by atoms with van der Waals surface area (Å²) in [5, 5.41) is 8.92. The van der Waals surface area contributed by atoms with E-state index in [1.54, 1.807) is 12.1 Å². The molecule has 0 heterocycles. The van der Waals surface area contributed by atoms with E-state index in [0.717, 1.165) is 10.2 Å². The van der Waals surface area contributed by atoms with E-state index in [4.69, 9.17) is 14.7 Å². The number of halogens is 1. The molecule has 0 saturated heterocycles. The third-order valence-electron chi connectivity index (χ3n) is 2.35. The molecule has 2 rings (SSSR count). The van der Waals surface area contributed by atoms with Crippen molar-refractivity contribution in [2.24, 2.45) is 0 Å². The number of hydrogen-bond donors (Lipinski definition) is 0. The first-order valence-corrected chi connectivity index (χ1v) is 6.62. The Balaban J connectivity index is 2.23. The molecule has 0 aromatic heterocycles. The van der Waals surface area contributed by atoms with Crippen LogP contribution in [0.1, 0.15) is 12.5 Å². The number of ether oxygens (including phenoxy) is 2. The van der Waals surface area contributed by atoms with Crippen molar-refractivity contribution in [2.45, 2.75) is 6.92 Å². The predicted molar refractivity (Wildman–Crippen MR) is 76.5 cm³/mol. The van der Waals surface area contributed by atoms with Crippen molar-refractivity contribution < 1.29 is 9.47 Å². The summed E-state index contributed by atoms with van der Waals surface area (Å²) in [6.45, 7) is 2.54. The maximum absolute atomic E-state index is 8.92. The standard InChI is InChI=1S/C15H12BrNO2/c1-2-18-13-4-3-5-14(9-13)19-15-7-11(10-17)6-12(16)8-15/h3-9H,2H2,1H3. The molecule has 96 valence electrons. The average Bonchev–Trinajstić information content (AvgIpc) is 2.39. The highest BCUT2D eigenvalue weighted by molar-refractivity contribution is 9.10. The zero-order chi connectivity index (χ0) is 13.7. The van der Waals surface area contributed by atoms with Crippen molar-refractivity contribution in [1.29, 1.82) is 5.26 Å². The fourth-order valence-electron chi connectivity index (χ4n) is 1.62. The van der Waals surface area contributed by atoms with Gasteiger partial charge in [0.2, 0.25) is 0 Å². The number of nitriles is 1. The van der Waals surface area contributed by atoms with E-state index in [1.165, 1.54) is 0 Å². The minimum absolute atomic E-state index is 0.547. The third-order valence-corrected chi connectivity index (χ3v) is 2.81. The van der Waals surface area contributed by atoms with Crippen LogP contribution in [0.15, 0.2) is 46.9 Å². The van der Waals surface area contributed by atoms with E-state index in [9.17, 15) is 0 Å². The number of rotatable bonds is 4. The molecule has 3 nitrogen and oxygen atoms in total. The summed E-state index contributed by atoms with van der Waals surface area (Å²) in [6.07, 6.45) is 0. The monoisotopic (exact) mass is 317 g/mol. The summed E-state index contributed by atoms with van der Waals surface area (Å²) in [4.78, 5) is 0. The van der Waals surface area contributed by atoms with Gasteiger partial charge in [0.05, 0.1) is 18.2 Å². The highest BCUT2D eigenvalue weighted by Gasteiger charge is 2.03. The smallest absolute Gasteiger partial charge is 0.131 e. The van der Waals surface area contributed by atoms with Crippen LogP contribution in [-0.2, 0) is 0 Å². The highest BCUT2D eigenvalue weighted by atomic mass is 79.9. The van der Waals surface area contributed by atoms with Gasteiger partial charge in [-0.2, -0.15) is 5.26 Å². The third kappa shape index (κ3) is 3.73. The molecule has 0 amide bonds. The van der Waals surface area contributed by atoms with E-state index < -0.39 is 0 Å². The first kappa shape index (κ1) is 13.4. The van der Waals surface area contributed by atoms with Crippen LogP contribution in [0.4, 0.5) is 0 Å². The fraction of sp³-hybridized carbons (Fsp3) is 0.133. The summed E-state index contributed by atoms with van der Waals surface area (Å²) in [7, 11) is 0. The highest BCUT2D eigenvalue weighted by Crippen LogP contribution is 2.28. The van der Waals surface area contributed by atoms with Crippen molar-refractivity contribution in [3.8, 4) is 23.3 Å².